The number of nitrogens with zero attached hydrogens (tertiary/aromatic N) is 2. The smallest absolute Gasteiger partial charge is 0.277 e. The number of aromatic nitrogens is 2. The summed E-state index contributed by atoms with van der Waals surface area (Å²) in [6.07, 6.45) is 4.78. The maximum Gasteiger partial charge on any atom is 0.277 e. The minimum atomic E-state index is 0.189. The van der Waals surface area contributed by atoms with Crippen LogP contribution < -0.4 is 0 Å². The highest BCUT2D eigenvalue weighted by Gasteiger charge is 2.16. The van der Waals surface area contributed by atoms with Gasteiger partial charge in [0.2, 0.25) is 5.89 Å². The number of benzene rings is 3. The van der Waals surface area contributed by atoms with Gasteiger partial charge in [-0.3, -0.25) is 0 Å². The molecule has 0 atom stereocenters. The first kappa shape index (κ1) is 23.4. The summed E-state index contributed by atoms with van der Waals surface area (Å²) in [5.41, 5.74) is 6.09. The van der Waals surface area contributed by atoms with Crippen LogP contribution in [0.1, 0.15) is 22.3 Å². The molecule has 0 radical (unpaired) electrons. The number of aromatic hydroxyl groups is 2. The number of phenols is 2. The Bertz CT molecular complexity index is 1330. The van der Waals surface area contributed by atoms with Crippen molar-refractivity contribution in [2.24, 2.45) is 0 Å². The van der Waals surface area contributed by atoms with Crippen molar-refractivity contribution in [3.8, 4) is 34.1 Å². The first-order valence-corrected chi connectivity index (χ1v) is 11.9. The molecule has 2 N–H and O–H groups in total. The van der Waals surface area contributed by atoms with E-state index in [2.05, 4.69) is 23.4 Å². The van der Waals surface area contributed by atoms with Crippen molar-refractivity contribution in [3.63, 3.8) is 0 Å². The zero-order chi connectivity index (χ0) is 24.1. The van der Waals surface area contributed by atoms with E-state index in [1.54, 1.807) is 18.2 Å². The van der Waals surface area contributed by atoms with Crippen molar-refractivity contribution in [3.05, 3.63) is 102 Å². The molecule has 5 nitrogen and oxygen atoms in total. The van der Waals surface area contributed by atoms with Crippen LogP contribution in [-0.2, 0) is 18.6 Å². The molecular weight excluding hydrogens is 444 g/mol. The molecule has 172 valence electrons. The highest BCUT2D eigenvalue weighted by atomic mass is 32.2. The minimum absolute atomic E-state index is 0.189. The summed E-state index contributed by atoms with van der Waals surface area (Å²) in [7, 11) is 0. The van der Waals surface area contributed by atoms with E-state index in [4.69, 9.17) is 4.42 Å². The Morgan fingerprint density at radius 2 is 1.62 bits per heavy atom. The van der Waals surface area contributed by atoms with E-state index in [0.717, 1.165) is 33.4 Å². The molecule has 0 bridgehead atoms. The largest absolute Gasteiger partial charge is 0.508 e. The van der Waals surface area contributed by atoms with E-state index in [-0.39, 0.29) is 11.5 Å². The van der Waals surface area contributed by atoms with E-state index in [1.165, 1.54) is 11.8 Å². The van der Waals surface area contributed by atoms with Gasteiger partial charge in [0, 0.05) is 22.4 Å². The maximum atomic E-state index is 11.1. The highest BCUT2D eigenvalue weighted by molar-refractivity contribution is 7.98. The van der Waals surface area contributed by atoms with Gasteiger partial charge in [0.25, 0.3) is 5.22 Å². The molecule has 0 aliphatic heterocycles. The van der Waals surface area contributed by atoms with Crippen LogP contribution in [0.3, 0.4) is 0 Å². The second-order valence-corrected chi connectivity index (χ2v) is 8.93. The first-order valence-electron chi connectivity index (χ1n) is 10.9. The number of aryl methyl sites for hydroxylation is 1. The quantitative estimate of drug-likeness (QED) is 0.205. The monoisotopic (exact) mass is 470 g/mol. The number of thioether (sulfide) groups is 1. The Hall–Kier alpha value is -3.77. The number of hydrogen-bond donors (Lipinski definition) is 2. The molecule has 0 fully saturated rings. The Balaban J connectivity index is 1.62. The Labute approximate surface area is 203 Å². The summed E-state index contributed by atoms with van der Waals surface area (Å²) in [5.74, 6) is 1.32. The molecule has 0 aliphatic rings. The van der Waals surface area contributed by atoms with Gasteiger partial charge in [0.05, 0.1) is 0 Å². The van der Waals surface area contributed by atoms with Gasteiger partial charge in [-0.15, -0.1) is 23.4 Å². The molecule has 0 saturated carbocycles. The lowest BCUT2D eigenvalue weighted by Gasteiger charge is -2.14. The molecule has 0 unspecified atom stereocenters. The van der Waals surface area contributed by atoms with E-state index in [0.29, 0.717) is 35.3 Å². The second kappa shape index (κ2) is 10.4. The van der Waals surface area contributed by atoms with Gasteiger partial charge in [-0.2, -0.15) is 0 Å². The third kappa shape index (κ3) is 5.24. The van der Waals surface area contributed by atoms with Crippen LogP contribution in [0.2, 0.25) is 0 Å². The lowest BCUT2D eigenvalue weighted by molar-refractivity contribution is 0.464. The van der Waals surface area contributed by atoms with Crippen molar-refractivity contribution in [1.82, 2.24) is 10.2 Å². The minimum Gasteiger partial charge on any atom is -0.508 e. The molecule has 4 aromatic rings. The standard InChI is InChI=1S/C28H26N2O3S/c1-4-6-19-14-23(17-34-28-30-29-27(33-28)20-10-8-18(3)9-11-20)26(32)24(15-19)21-12-13-25(31)22(16-21)7-5-2/h4-5,8-16,31-32H,1-2,6-7,17H2,3H3. The molecule has 0 spiro atoms. The van der Waals surface area contributed by atoms with E-state index in [9.17, 15) is 10.2 Å². The molecule has 0 amide bonds. The van der Waals surface area contributed by atoms with Gasteiger partial charge in [0.1, 0.15) is 11.5 Å². The molecule has 34 heavy (non-hydrogen) atoms. The summed E-state index contributed by atoms with van der Waals surface area (Å²) in [6.45, 7) is 9.63. The Kier molecular flexibility index (Phi) is 7.18. The van der Waals surface area contributed by atoms with E-state index < -0.39 is 0 Å². The van der Waals surface area contributed by atoms with Gasteiger partial charge < -0.3 is 14.6 Å². The average molecular weight is 471 g/mol. The van der Waals surface area contributed by atoms with E-state index >= 15 is 0 Å². The summed E-state index contributed by atoms with van der Waals surface area (Å²) in [6, 6.07) is 17.2. The van der Waals surface area contributed by atoms with Gasteiger partial charge >= 0.3 is 0 Å². The van der Waals surface area contributed by atoms with Gasteiger partial charge in [-0.05, 0) is 66.8 Å². The van der Waals surface area contributed by atoms with Crippen molar-refractivity contribution < 1.29 is 14.6 Å². The average Bonchev–Trinajstić information content (AvgIpc) is 3.30. The normalized spacial score (nSPS) is 10.9. The van der Waals surface area contributed by atoms with Crippen molar-refractivity contribution in [1.29, 1.82) is 0 Å². The summed E-state index contributed by atoms with van der Waals surface area (Å²) in [5, 5.41) is 30.0. The summed E-state index contributed by atoms with van der Waals surface area (Å²) < 4.78 is 5.83. The van der Waals surface area contributed by atoms with Gasteiger partial charge in [-0.1, -0.05) is 53.7 Å². The topological polar surface area (TPSA) is 79.4 Å². The molecular formula is C28H26N2O3S. The van der Waals surface area contributed by atoms with Crippen LogP contribution in [0.5, 0.6) is 11.5 Å². The predicted octanol–water partition coefficient (Wildman–Crippen LogP) is 6.87. The Morgan fingerprint density at radius 3 is 2.35 bits per heavy atom. The molecule has 0 saturated heterocycles. The van der Waals surface area contributed by atoms with Gasteiger partial charge in [0.15, 0.2) is 0 Å². The number of allylic oxidation sites excluding steroid dienone is 2. The van der Waals surface area contributed by atoms with Crippen LogP contribution in [0.15, 0.2) is 89.5 Å². The first-order chi connectivity index (χ1) is 16.5. The predicted molar refractivity (Wildman–Crippen MR) is 137 cm³/mol. The van der Waals surface area contributed by atoms with Crippen LogP contribution in [-0.4, -0.2) is 20.4 Å². The van der Waals surface area contributed by atoms with Crippen molar-refractivity contribution >= 4 is 11.8 Å². The number of phenolic OH excluding ortho intramolecular Hbond substituents is 2. The molecule has 3 aromatic carbocycles. The third-order valence-electron chi connectivity index (χ3n) is 5.44. The summed E-state index contributed by atoms with van der Waals surface area (Å²) >= 11 is 1.37. The molecule has 0 aliphatic carbocycles. The fourth-order valence-corrected chi connectivity index (χ4v) is 4.40. The van der Waals surface area contributed by atoms with Crippen LogP contribution >= 0.6 is 11.8 Å². The van der Waals surface area contributed by atoms with Crippen LogP contribution in [0.4, 0.5) is 0 Å². The SMILES string of the molecule is C=CCc1cc(CSc2nnc(-c3ccc(C)cc3)o2)c(O)c(-c2ccc(O)c(CC=C)c2)c1. The molecule has 1 heterocycles. The highest BCUT2D eigenvalue weighted by Crippen LogP contribution is 2.38. The maximum absolute atomic E-state index is 11.1. The fourth-order valence-electron chi connectivity index (χ4n) is 3.67. The van der Waals surface area contributed by atoms with Gasteiger partial charge in [-0.25, -0.2) is 0 Å². The van der Waals surface area contributed by atoms with Crippen molar-refractivity contribution in [2.75, 3.05) is 0 Å². The van der Waals surface area contributed by atoms with Crippen LogP contribution in [0, 0.1) is 6.92 Å². The molecule has 6 heteroatoms. The van der Waals surface area contributed by atoms with Crippen molar-refractivity contribution in [2.45, 2.75) is 30.7 Å². The Morgan fingerprint density at radius 1 is 0.882 bits per heavy atom. The van der Waals surface area contributed by atoms with Crippen LogP contribution in [0.25, 0.3) is 22.6 Å². The number of hydrogen-bond acceptors (Lipinski definition) is 6. The second-order valence-electron chi connectivity index (χ2n) is 8.01. The number of rotatable bonds is 9. The zero-order valence-corrected chi connectivity index (χ0v) is 19.8. The third-order valence-corrected chi connectivity index (χ3v) is 6.31. The molecule has 1 aromatic heterocycles. The molecule has 4 rings (SSSR count). The fraction of sp³-hybridized carbons (Fsp3) is 0.143. The lowest BCUT2D eigenvalue weighted by atomic mass is 9.95. The van der Waals surface area contributed by atoms with E-state index in [1.807, 2.05) is 55.5 Å². The zero-order valence-electron chi connectivity index (χ0n) is 19.0. The lowest BCUT2D eigenvalue weighted by Crippen LogP contribution is -1.93. The summed E-state index contributed by atoms with van der Waals surface area (Å²) in [4.78, 5) is 0.